The number of Topliss-reactive ketones (excluding diaryl/α,β-unsaturated/α-hetero) is 1. The predicted octanol–water partition coefficient (Wildman–Crippen LogP) is 3.31. The summed E-state index contributed by atoms with van der Waals surface area (Å²) >= 11 is 0. The maximum Gasteiger partial charge on any atom is 0.166 e. The van der Waals surface area contributed by atoms with Gasteiger partial charge in [0.25, 0.3) is 0 Å². The number of nitrogens with zero attached hydrogens (tertiary/aromatic N) is 1. The first-order chi connectivity index (χ1) is 9.20. The van der Waals surface area contributed by atoms with Crippen LogP contribution in [0.2, 0.25) is 0 Å². The Kier molecular flexibility index (Phi) is 3.40. The number of pyridine rings is 1. The van der Waals surface area contributed by atoms with E-state index in [4.69, 9.17) is 4.74 Å². The Morgan fingerprint density at radius 3 is 2.95 bits per heavy atom. The number of ether oxygens (including phenoxy) is 1. The van der Waals surface area contributed by atoms with E-state index in [1.165, 1.54) is 12.8 Å². The van der Waals surface area contributed by atoms with Gasteiger partial charge in [0.1, 0.15) is 0 Å². The van der Waals surface area contributed by atoms with E-state index in [2.05, 4.69) is 4.98 Å². The lowest BCUT2D eigenvalue weighted by Crippen LogP contribution is -2.39. The highest BCUT2D eigenvalue weighted by molar-refractivity contribution is 5.99. The minimum absolute atomic E-state index is 0.0134. The van der Waals surface area contributed by atoms with Crippen LogP contribution in [0.3, 0.4) is 0 Å². The summed E-state index contributed by atoms with van der Waals surface area (Å²) in [5, 5.41) is 0. The van der Waals surface area contributed by atoms with Gasteiger partial charge in [-0.3, -0.25) is 9.78 Å². The molecule has 1 aromatic heterocycles. The average Bonchev–Trinajstić information content (AvgIpc) is 2.86. The monoisotopic (exact) mass is 259 g/mol. The highest BCUT2D eigenvalue weighted by atomic mass is 16.5. The van der Waals surface area contributed by atoms with E-state index in [1.54, 1.807) is 12.4 Å². The number of carbonyl (C=O) groups excluding carboxylic acids is 1. The number of ketones is 1. The van der Waals surface area contributed by atoms with E-state index < -0.39 is 0 Å². The molecule has 2 aliphatic rings. The highest BCUT2D eigenvalue weighted by Gasteiger charge is 2.42. The van der Waals surface area contributed by atoms with Crippen molar-refractivity contribution in [3.63, 3.8) is 0 Å². The van der Waals surface area contributed by atoms with Crippen LogP contribution < -0.4 is 0 Å². The number of hydrogen-bond donors (Lipinski definition) is 0. The van der Waals surface area contributed by atoms with E-state index in [9.17, 15) is 4.79 Å². The van der Waals surface area contributed by atoms with Gasteiger partial charge >= 0.3 is 0 Å². The highest BCUT2D eigenvalue weighted by Crippen LogP contribution is 2.42. The van der Waals surface area contributed by atoms with Crippen molar-refractivity contribution in [1.29, 1.82) is 0 Å². The number of aryl methyl sites for hydroxylation is 1. The molecule has 0 bridgehead atoms. The second-order valence-corrected chi connectivity index (χ2v) is 5.98. The van der Waals surface area contributed by atoms with Crippen LogP contribution in [0.5, 0.6) is 0 Å². The van der Waals surface area contributed by atoms with Crippen LogP contribution in [0.1, 0.15) is 54.4 Å². The van der Waals surface area contributed by atoms with Gasteiger partial charge < -0.3 is 4.74 Å². The molecular weight excluding hydrogens is 238 g/mol. The van der Waals surface area contributed by atoms with Crippen molar-refractivity contribution >= 4 is 5.78 Å². The average molecular weight is 259 g/mol. The molecule has 1 aliphatic carbocycles. The summed E-state index contributed by atoms with van der Waals surface area (Å²) in [4.78, 5) is 16.7. The fourth-order valence-corrected chi connectivity index (χ4v) is 3.59. The first kappa shape index (κ1) is 12.8. The molecule has 3 heteroatoms. The molecule has 0 amide bonds. The lowest BCUT2D eigenvalue weighted by Gasteiger charge is -2.37. The summed E-state index contributed by atoms with van der Waals surface area (Å²) in [6.45, 7) is 2.70. The summed E-state index contributed by atoms with van der Waals surface area (Å²) < 4.78 is 6.01. The maximum atomic E-state index is 12.7. The summed E-state index contributed by atoms with van der Waals surface area (Å²) in [6, 6.07) is 1.86. The van der Waals surface area contributed by atoms with Crippen molar-refractivity contribution in [2.45, 2.75) is 51.0 Å². The van der Waals surface area contributed by atoms with Gasteiger partial charge in [0.2, 0.25) is 0 Å². The van der Waals surface area contributed by atoms with Gasteiger partial charge in [-0.05, 0) is 44.2 Å². The Morgan fingerprint density at radius 1 is 1.42 bits per heavy atom. The maximum absolute atomic E-state index is 12.7. The quantitative estimate of drug-likeness (QED) is 0.765. The number of carbonyl (C=O) groups is 1. The molecule has 102 valence electrons. The van der Waals surface area contributed by atoms with Crippen molar-refractivity contribution in [1.82, 2.24) is 4.98 Å². The molecule has 2 heterocycles. The lowest BCUT2D eigenvalue weighted by molar-refractivity contribution is -0.0866. The molecule has 1 atom stereocenters. The predicted molar refractivity (Wildman–Crippen MR) is 73.2 cm³/mol. The molecular formula is C16H21NO2. The van der Waals surface area contributed by atoms with Gasteiger partial charge in [0, 0.05) is 30.5 Å². The van der Waals surface area contributed by atoms with E-state index in [0.29, 0.717) is 0 Å². The molecule has 0 aromatic carbocycles. The Bertz CT molecular complexity index is 477. The zero-order valence-electron chi connectivity index (χ0n) is 11.5. The standard InChI is InChI=1S/C16H21NO2/c1-12-11-17-8-4-14(12)15(18)13-5-9-19-16(10-13)6-2-3-7-16/h4,8,11,13H,2-3,5-7,9-10H2,1H3. The van der Waals surface area contributed by atoms with E-state index in [-0.39, 0.29) is 17.3 Å². The van der Waals surface area contributed by atoms with Crippen molar-refractivity contribution < 1.29 is 9.53 Å². The molecule has 2 fully saturated rings. The Labute approximate surface area is 114 Å². The molecule has 1 spiro atoms. The second kappa shape index (κ2) is 5.04. The van der Waals surface area contributed by atoms with Crippen LogP contribution in [0, 0.1) is 12.8 Å². The van der Waals surface area contributed by atoms with Crippen molar-refractivity contribution in [3.05, 3.63) is 29.6 Å². The number of rotatable bonds is 2. The molecule has 0 N–H and O–H groups in total. The zero-order chi connectivity index (χ0) is 13.3. The second-order valence-electron chi connectivity index (χ2n) is 5.98. The molecule has 3 rings (SSSR count). The van der Waals surface area contributed by atoms with Gasteiger partial charge in [0.05, 0.1) is 5.60 Å². The Hall–Kier alpha value is -1.22. The summed E-state index contributed by atoms with van der Waals surface area (Å²) in [7, 11) is 0. The topological polar surface area (TPSA) is 39.2 Å². The molecule has 3 nitrogen and oxygen atoms in total. The third-order valence-electron chi connectivity index (χ3n) is 4.66. The summed E-state index contributed by atoms with van der Waals surface area (Å²) in [5.41, 5.74) is 1.84. The molecule has 1 aliphatic heterocycles. The van der Waals surface area contributed by atoms with Gasteiger partial charge in [-0.25, -0.2) is 0 Å². The molecule has 19 heavy (non-hydrogen) atoms. The van der Waals surface area contributed by atoms with Crippen LogP contribution in [0.4, 0.5) is 0 Å². The van der Waals surface area contributed by atoms with Crippen molar-refractivity contribution in [2.75, 3.05) is 6.61 Å². The number of aromatic nitrogens is 1. The number of hydrogen-bond acceptors (Lipinski definition) is 3. The largest absolute Gasteiger partial charge is 0.375 e. The van der Waals surface area contributed by atoms with Crippen LogP contribution >= 0.6 is 0 Å². The third-order valence-corrected chi connectivity index (χ3v) is 4.66. The summed E-state index contributed by atoms with van der Waals surface area (Å²) in [5.74, 6) is 0.419. The van der Waals surface area contributed by atoms with Gasteiger partial charge in [-0.2, -0.15) is 0 Å². The first-order valence-corrected chi connectivity index (χ1v) is 7.29. The van der Waals surface area contributed by atoms with Crippen LogP contribution in [0.15, 0.2) is 18.5 Å². The molecule has 1 aromatic rings. The first-order valence-electron chi connectivity index (χ1n) is 7.29. The molecule has 1 unspecified atom stereocenters. The summed E-state index contributed by atoms with van der Waals surface area (Å²) in [6.07, 6.45) is 10.0. The van der Waals surface area contributed by atoms with Gasteiger partial charge in [-0.15, -0.1) is 0 Å². The minimum atomic E-state index is 0.0134. The van der Waals surface area contributed by atoms with Crippen molar-refractivity contribution in [3.8, 4) is 0 Å². The normalized spacial score (nSPS) is 25.6. The fraction of sp³-hybridized carbons (Fsp3) is 0.625. The minimum Gasteiger partial charge on any atom is -0.375 e. The van der Waals surface area contributed by atoms with Crippen molar-refractivity contribution in [2.24, 2.45) is 5.92 Å². The van der Waals surface area contributed by atoms with Crippen LogP contribution in [-0.4, -0.2) is 23.0 Å². The zero-order valence-corrected chi connectivity index (χ0v) is 11.5. The SMILES string of the molecule is Cc1cnccc1C(=O)C1CCOC2(CCCC2)C1. The van der Waals surface area contributed by atoms with E-state index >= 15 is 0 Å². The third kappa shape index (κ3) is 2.44. The Morgan fingerprint density at radius 2 is 2.21 bits per heavy atom. The van der Waals surface area contributed by atoms with Gasteiger partial charge in [0.15, 0.2) is 5.78 Å². The lowest BCUT2D eigenvalue weighted by atomic mass is 9.80. The fourth-order valence-electron chi connectivity index (χ4n) is 3.59. The molecule has 1 saturated heterocycles. The molecule has 1 saturated carbocycles. The smallest absolute Gasteiger partial charge is 0.166 e. The van der Waals surface area contributed by atoms with Crippen LogP contribution in [0.25, 0.3) is 0 Å². The Balaban J connectivity index is 1.78. The van der Waals surface area contributed by atoms with Gasteiger partial charge in [-0.1, -0.05) is 12.8 Å². The van der Waals surface area contributed by atoms with E-state index in [0.717, 1.165) is 43.4 Å². The van der Waals surface area contributed by atoms with E-state index in [1.807, 2.05) is 13.0 Å². The van der Waals surface area contributed by atoms with Crippen LogP contribution in [-0.2, 0) is 4.74 Å². The molecule has 0 radical (unpaired) electrons.